The van der Waals surface area contributed by atoms with E-state index in [0.29, 0.717) is 5.56 Å². The van der Waals surface area contributed by atoms with Crippen LogP contribution >= 0.6 is 0 Å². The predicted octanol–water partition coefficient (Wildman–Crippen LogP) is 1.77. The molecule has 1 aromatic rings. The molecule has 2 atom stereocenters. The highest BCUT2D eigenvalue weighted by Crippen LogP contribution is 2.18. The van der Waals surface area contributed by atoms with Gasteiger partial charge < -0.3 is 10.4 Å². The van der Waals surface area contributed by atoms with Crippen molar-refractivity contribution >= 4 is 11.9 Å². The molecule has 0 aliphatic carbocycles. The Labute approximate surface area is 105 Å². The first-order valence-corrected chi connectivity index (χ1v) is 5.68. The lowest BCUT2D eigenvalue weighted by Crippen LogP contribution is -2.34. The first-order valence-electron chi connectivity index (χ1n) is 5.68. The standard InChI is InChI=1S/C13H16FNO3/c1-8(13(17)18)7-15-12(16)9(2)10-5-3-4-6-11(10)14/h3-6,8-9H,7H2,1-2H3,(H,15,16)(H,17,18)/t8-,9+/m1/s1. The van der Waals surface area contributed by atoms with Crippen molar-refractivity contribution in [3.05, 3.63) is 35.6 Å². The number of amides is 1. The molecule has 5 heteroatoms. The third-order valence-electron chi connectivity index (χ3n) is 2.77. The average molecular weight is 253 g/mol. The number of carboxylic acid groups (broad SMARTS) is 1. The molecular weight excluding hydrogens is 237 g/mol. The topological polar surface area (TPSA) is 66.4 Å². The summed E-state index contributed by atoms with van der Waals surface area (Å²) in [5, 5.41) is 11.2. The second-order valence-electron chi connectivity index (χ2n) is 4.23. The molecule has 98 valence electrons. The Hall–Kier alpha value is -1.91. The summed E-state index contributed by atoms with van der Waals surface area (Å²) < 4.78 is 13.5. The molecule has 18 heavy (non-hydrogen) atoms. The van der Waals surface area contributed by atoms with E-state index in [1.165, 1.54) is 13.0 Å². The number of carbonyl (C=O) groups is 2. The van der Waals surface area contributed by atoms with Gasteiger partial charge in [-0.1, -0.05) is 25.1 Å². The molecule has 0 saturated heterocycles. The Bertz CT molecular complexity index is 448. The van der Waals surface area contributed by atoms with Crippen LogP contribution in [0.1, 0.15) is 25.3 Å². The Balaban J connectivity index is 2.63. The van der Waals surface area contributed by atoms with Crippen molar-refractivity contribution in [2.45, 2.75) is 19.8 Å². The fourth-order valence-corrected chi connectivity index (χ4v) is 1.46. The van der Waals surface area contributed by atoms with Crippen LogP contribution in [0.5, 0.6) is 0 Å². The van der Waals surface area contributed by atoms with E-state index < -0.39 is 23.6 Å². The largest absolute Gasteiger partial charge is 0.481 e. The van der Waals surface area contributed by atoms with E-state index >= 15 is 0 Å². The number of halogens is 1. The Kier molecular flexibility index (Phi) is 4.83. The van der Waals surface area contributed by atoms with Crippen LogP contribution in [0.15, 0.2) is 24.3 Å². The van der Waals surface area contributed by atoms with Gasteiger partial charge in [-0.25, -0.2) is 4.39 Å². The normalized spacial score (nSPS) is 13.7. The number of carboxylic acids is 1. The summed E-state index contributed by atoms with van der Waals surface area (Å²) in [6, 6.07) is 6.04. The van der Waals surface area contributed by atoms with Crippen LogP contribution in [-0.4, -0.2) is 23.5 Å². The molecule has 1 amide bonds. The van der Waals surface area contributed by atoms with Crippen molar-refractivity contribution in [1.82, 2.24) is 5.32 Å². The van der Waals surface area contributed by atoms with Gasteiger partial charge in [-0.05, 0) is 18.6 Å². The number of benzene rings is 1. The monoisotopic (exact) mass is 253 g/mol. The summed E-state index contributed by atoms with van der Waals surface area (Å²) in [4.78, 5) is 22.3. The van der Waals surface area contributed by atoms with Crippen LogP contribution in [-0.2, 0) is 9.59 Å². The van der Waals surface area contributed by atoms with Gasteiger partial charge in [0.1, 0.15) is 5.82 Å². The molecule has 0 spiro atoms. The Morgan fingerprint density at radius 2 is 1.94 bits per heavy atom. The summed E-state index contributed by atoms with van der Waals surface area (Å²) in [6.07, 6.45) is 0. The second kappa shape index (κ2) is 6.14. The zero-order chi connectivity index (χ0) is 13.7. The van der Waals surface area contributed by atoms with E-state index in [2.05, 4.69) is 5.32 Å². The van der Waals surface area contributed by atoms with Gasteiger partial charge in [0.15, 0.2) is 0 Å². The van der Waals surface area contributed by atoms with Crippen LogP contribution in [0.2, 0.25) is 0 Å². The van der Waals surface area contributed by atoms with E-state index in [-0.39, 0.29) is 12.5 Å². The number of hydrogen-bond acceptors (Lipinski definition) is 2. The molecule has 0 bridgehead atoms. The lowest BCUT2D eigenvalue weighted by molar-refractivity contribution is -0.141. The van der Waals surface area contributed by atoms with Crippen LogP contribution < -0.4 is 5.32 Å². The minimum Gasteiger partial charge on any atom is -0.481 e. The molecule has 0 radical (unpaired) electrons. The smallest absolute Gasteiger partial charge is 0.308 e. The summed E-state index contributed by atoms with van der Waals surface area (Å²) in [6.45, 7) is 3.11. The zero-order valence-electron chi connectivity index (χ0n) is 10.3. The summed E-state index contributed by atoms with van der Waals surface area (Å²) >= 11 is 0. The first kappa shape index (κ1) is 14.2. The lowest BCUT2D eigenvalue weighted by Gasteiger charge is -2.14. The highest BCUT2D eigenvalue weighted by molar-refractivity contribution is 5.83. The number of rotatable bonds is 5. The summed E-state index contributed by atoms with van der Waals surface area (Å²) in [5.41, 5.74) is 0.304. The van der Waals surface area contributed by atoms with Crippen LogP contribution in [0.4, 0.5) is 4.39 Å². The van der Waals surface area contributed by atoms with E-state index in [9.17, 15) is 14.0 Å². The second-order valence-corrected chi connectivity index (χ2v) is 4.23. The number of hydrogen-bond donors (Lipinski definition) is 2. The van der Waals surface area contributed by atoms with Crippen LogP contribution in [0, 0.1) is 11.7 Å². The molecule has 0 heterocycles. The molecule has 0 saturated carbocycles. The number of nitrogens with one attached hydrogen (secondary N) is 1. The quantitative estimate of drug-likeness (QED) is 0.840. The molecule has 0 aliphatic heterocycles. The van der Waals surface area contributed by atoms with Gasteiger partial charge >= 0.3 is 5.97 Å². The van der Waals surface area contributed by atoms with E-state index in [1.54, 1.807) is 25.1 Å². The van der Waals surface area contributed by atoms with Crippen molar-refractivity contribution in [3.63, 3.8) is 0 Å². The first-order chi connectivity index (χ1) is 8.43. The SMILES string of the molecule is C[C@H](CNC(=O)[C@@H](C)c1ccccc1F)C(=O)O. The zero-order valence-corrected chi connectivity index (χ0v) is 10.3. The molecule has 0 fully saturated rings. The molecular formula is C13H16FNO3. The van der Waals surface area contributed by atoms with Gasteiger partial charge in [0.25, 0.3) is 0 Å². The maximum Gasteiger partial charge on any atom is 0.308 e. The Morgan fingerprint density at radius 3 is 2.50 bits per heavy atom. The van der Waals surface area contributed by atoms with Gasteiger partial charge in [-0.2, -0.15) is 0 Å². The fraction of sp³-hybridized carbons (Fsp3) is 0.385. The molecule has 1 aromatic carbocycles. The molecule has 0 unspecified atom stereocenters. The molecule has 0 aliphatic rings. The predicted molar refractivity (Wildman–Crippen MR) is 64.6 cm³/mol. The van der Waals surface area contributed by atoms with Crippen molar-refractivity contribution in [3.8, 4) is 0 Å². The average Bonchev–Trinajstić information content (AvgIpc) is 2.35. The maximum atomic E-state index is 13.5. The number of carbonyl (C=O) groups excluding carboxylic acids is 1. The highest BCUT2D eigenvalue weighted by atomic mass is 19.1. The van der Waals surface area contributed by atoms with Crippen molar-refractivity contribution in [1.29, 1.82) is 0 Å². The van der Waals surface area contributed by atoms with Gasteiger partial charge in [0.05, 0.1) is 11.8 Å². The van der Waals surface area contributed by atoms with Crippen LogP contribution in [0.3, 0.4) is 0 Å². The maximum absolute atomic E-state index is 13.5. The Morgan fingerprint density at radius 1 is 1.33 bits per heavy atom. The highest BCUT2D eigenvalue weighted by Gasteiger charge is 2.19. The molecule has 0 aromatic heterocycles. The minimum absolute atomic E-state index is 0.0347. The van der Waals surface area contributed by atoms with Gasteiger partial charge in [-0.15, -0.1) is 0 Å². The van der Waals surface area contributed by atoms with E-state index in [4.69, 9.17) is 5.11 Å². The van der Waals surface area contributed by atoms with Crippen molar-refractivity contribution in [2.75, 3.05) is 6.54 Å². The summed E-state index contributed by atoms with van der Waals surface area (Å²) in [7, 11) is 0. The van der Waals surface area contributed by atoms with Crippen molar-refractivity contribution in [2.24, 2.45) is 5.92 Å². The molecule has 1 rings (SSSR count). The third-order valence-corrected chi connectivity index (χ3v) is 2.77. The number of aliphatic carboxylic acids is 1. The van der Waals surface area contributed by atoms with Gasteiger partial charge in [0.2, 0.25) is 5.91 Å². The van der Waals surface area contributed by atoms with Crippen LogP contribution in [0.25, 0.3) is 0 Å². The summed E-state index contributed by atoms with van der Waals surface area (Å²) in [5.74, 6) is -3.11. The minimum atomic E-state index is -0.978. The van der Waals surface area contributed by atoms with Gasteiger partial charge in [0, 0.05) is 6.54 Å². The van der Waals surface area contributed by atoms with E-state index in [0.717, 1.165) is 0 Å². The van der Waals surface area contributed by atoms with Gasteiger partial charge in [-0.3, -0.25) is 9.59 Å². The fourth-order valence-electron chi connectivity index (χ4n) is 1.46. The lowest BCUT2D eigenvalue weighted by atomic mass is 9.99. The van der Waals surface area contributed by atoms with Crippen molar-refractivity contribution < 1.29 is 19.1 Å². The van der Waals surface area contributed by atoms with E-state index in [1.807, 2.05) is 0 Å². The molecule has 4 nitrogen and oxygen atoms in total. The third kappa shape index (κ3) is 3.55. The molecule has 2 N–H and O–H groups in total.